The first-order chi connectivity index (χ1) is 12.1. The van der Waals surface area contributed by atoms with Gasteiger partial charge >= 0.3 is 0 Å². The summed E-state index contributed by atoms with van der Waals surface area (Å²) in [6, 6.07) is 2.27. The van der Waals surface area contributed by atoms with Gasteiger partial charge in [-0.3, -0.25) is 4.79 Å². The van der Waals surface area contributed by atoms with Gasteiger partial charge in [-0.2, -0.15) is 0 Å². The van der Waals surface area contributed by atoms with Crippen LogP contribution < -0.4 is 10.2 Å². The van der Waals surface area contributed by atoms with E-state index in [1.54, 1.807) is 11.8 Å². The zero-order valence-electron chi connectivity index (χ0n) is 15.0. The molecule has 0 aromatic carbocycles. The molecule has 1 fully saturated rings. The number of nitrogens with zero attached hydrogens (tertiary/aromatic N) is 4. The monoisotopic (exact) mass is 359 g/mol. The molecule has 1 amide bonds. The fourth-order valence-electron chi connectivity index (χ4n) is 3.09. The van der Waals surface area contributed by atoms with Crippen LogP contribution in [0, 0.1) is 0 Å². The lowest BCUT2D eigenvalue weighted by Crippen LogP contribution is -2.45. The minimum Gasteiger partial charge on any atom is -0.356 e. The Hall–Kier alpha value is -2.02. The quantitative estimate of drug-likeness (QED) is 0.888. The number of nitrogens with one attached hydrogen (secondary N) is 1. The van der Waals surface area contributed by atoms with Gasteiger partial charge in [0, 0.05) is 30.9 Å². The van der Waals surface area contributed by atoms with E-state index in [0.29, 0.717) is 0 Å². The van der Waals surface area contributed by atoms with Crippen molar-refractivity contribution in [1.82, 2.24) is 20.3 Å². The highest BCUT2D eigenvalue weighted by molar-refractivity contribution is 7.11. The van der Waals surface area contributed by atoms with E-state index >= 15 is 0 Å². The highest BCUT2D eigenvalue weighted by Crippen LogP contribution is 2.23. The Labute approximate surface area is 152 Å². The van der Waals surface area contributed by atoms with Gasteiger partial charge in [0.2, 0.25) is 0 Å². The first-order valence-electron chi connectivity index (χ1n) is 8.88. The van der Waals surface area contributed by atoms with Crippen LogP contribution in [0.15, 0.2) is 17.9 Å². The number of carbonyl (C=O) groups is 1. The second kappa shape index (κ2) is 7.91. The lowest BCUT2D eigenvalue weighted by Gasteiger charge is -2.33. The lowest BCUT2D eigenvalue weighted by molar-refractivity contribution is 0.0933. The Kier molecular flexibility index (Phi) is 5.63. The summed E-state index contributed by atoms with van der Waals surface area (Å²) in [5.41, 5.74) is 3.72. The second-order valence-corrected chi connectivity index (χ2v) is 7.53. The summed E-state index contributed by atoms with van der Waals surface area (Å²) in [5.74, 6) is 1.26. The molecule has 1 aliphatic heterocycles. The summed E-state index contributed by atoms with van der Waals surface area (Å²) >= 11 is 1.43. The third kappa shape index (κ3) is 4.15. The maximum atomic E-state index is 12.6. The summed E-state index contributed by atoms with van der Waals surface area (Å²) in [5, 5.41) is 3.18. The molecular formula is C18H25N5OS. The molecule has 2 aromatic rings. The number of thiazole rings is 1. The molecule has 25 heavy (non-hydrogen) atoms. The minimum absolute atomic E-state index is 0.0138. The van der Waals surface area contributed by atoms with Crippen molar-refractivity contribution < 1.29 is 4.79 Å². The molecule has 6 nitrogen and oxygen atoms in total. The number of aryl methyl sites for hydroxylation is 1. The van der Waals surface area contributed by atoms with Gasteiger partial charge in [0.15, 0.2) is 0 Å². The van der Waals surface area contributed by atoms with Crippen molar-refractivity contribution in [2.45, 2.75) is 52.0 Å². The molecule has 0 saturated carbocycles. The summed E-state index contributed by atoms with van der Waals surface area (Å²) in [6.45, 7) is 8.02. The normalized spacial score (nSPS) is 15.6. The molecule has 3 heterocycles. The molecule has 1 N–H and O–H groups in total. The molecule has 0 radical (unpaired) electrons. The largest absolute Gasteiger partial charge is 0.356 e. The van der Waals surface area contributed by atoms with E-state index in [4.69, 9.17) is 0 Å². The first-order valence-corrected chi connectivity index (χ1v) is 9.76. The van der Waals surface area contributed by atoms with Crippen LogP contribution >= 0.6 is 11.3 Å². The number of carbonyl (C=O) groups excluding carboxylic acids is 1. The van der Waals surface area contributed by atoms with Crippen LogP contribution in [0.2, 0.25) is 0 Å². The zero-order chi connectivity index (χ0) is 17.8. The van der Waals surface area contributed by atoms with Gasteiger partial charge in [-0.05, 0) is 25.2 Å². The molecule has 1 saturated heterocycles. The van der Waals surface area contributed by atoms with Crippen LogP contribution in [0.4, 0.5) is 5.82 Å². The minimum atomic E-state index is 0.0138. The van der Waals surface area contributed by atoms with Crippen LogP contribution in [-0.2, 0) is 6.42 Å². The van der Waals surface area contributed by atoms with Gasteiger partial charge in [0.05, 0.1) is 11.2 Å². The Morgan fingerprint density at radius 3 is 2.76 bits per heavy atom. The van der Waals surface area contributed by atoms with Crippen LogP contribution in [0.5, 0.6) is 0 Å². The first kappa shape index (κ1) is 17.8. The van der Waals surface area contributed by atoms with E-state index < -0.39 is 0 Å². The predicted octanol–water partition coefficient (Wildman–Crippen LogP) is 3.02. The third-order valence-electron chi connectivity index (χ3n) is 4.57. The van der Waals surface area contributed by atoms with E-state index in [1.165, 1.54) is 11.3 Å². The van der Waals surface area contributed by atoms with E-state index in [-0.39, 0.29) is 17.9 Å². The zero-order valence-corrected chi connectivity index (χ0v) is 15.8. The maximum Gasteiger partial charge on any atom is 0.263 e. The molecular weight excluding hydrogens is 334 g/mol. The lowest BCUT2D eigenvalue weighted by atomic mass is 10.0. The van der Waals surface area contributed by atoms with Crippen LogP contribution in [-0.4, -0.2) is 40.0 Å². The molecule has 1 aliphatic rings. The average Bonchev–Trinajstić information content (AvgIpc) is 3.13. The van der Waals surface area contributed by atoms with Crippen molar-refractivity contribution in [3.8, 4) is 0 Å². The Morgan fingerprint density at radius 2 is 2.08 bits per heavy atom. The Bertz CT molecular complexity index is 722. The molecule has 0 spiro atoms. The van der Waals surface area contributed by atoms with Crippen LogP contribution in [0.1, 0.15) is 60.6 Å². The average molecular weight is 359 g/mol. The molecule has 0 bridgehead atoms. The van der Waals surface area contributed by atoms with E-state index in [9.17, 15) is 4.79 Å². The Balaban J connectivity index is 1.57. The van der Waals surface area contributed by atoms with Gasteiger partial charge in [-0.15, -0.1) is 11.3 Å². The number of hydrogen-bond donors (Lipinski definition) is 1. The fraction of sp³-hybridized carbons (Fsp3) is 0.556. The van der Waals surface area contributed by atoms with Crippen molar-refractivity contribution in [2.75, 3.05) is 18.0 Å². The van der Waals surface area contributed by atoms with Crippen molar-refractivity contribution in [1.29, 1.82) is 0 Å². The third-order valence-corrected chi connectivity index (χ3v) is 5.41. The van der Waals surface area contributed by atoms with Crippen molar-refractivity contribution >= 4 is 23.1 Å². The summed E-state index contributed by atoms with van der Waals surface area (Å²) in [7, 11) is 0. The van der Waals surface area contributed by atoms with Gasteiger partial charge in [-0.25, -0.2) is 15.0 Å². The Morgan fingerprint density at radius 1 is 1.32 bits per heavy atom. The van der Waals surface area contributed by atoms with Gasteiger partial charge < -0.3 is 10.2 Å². The number of amides is 1. The highest BCUT2D eigenvalue weighted by Gasteiger charge is 2.24. The van der Waals surface area contributed by atoms with E-state index in [0.717, 1.165) is 54.4 Å². The number of hydrogen-bond acceptors (Lipinski definition) is 6. The number of rotatable bonds is 5. The van der Waals surface area contributed by atoms with Crippen LogP contribution in [0.3, 0.4) is 0 Å². The van der Waals surface area contributed by atoms with E-state index in [1.807, 2.05) is 0 Å². The summed E-state index contributed by atoms with van der Waals surface area (Å²) in [4.78, 5) is 28.6. The molecule has 3 rings (SSSR count). The van der Waals surface area contributed by atoms with Crippen molar-refractivity contribution in [3.63, 3.8) is 0 Å². The predicted molar refractivity (Wildman–Crippen MR) is 100 cm³/mol. The fourth-order valence-corrected chi connectivity index (χ4v) is 3.94. The molecule has 2 aromatic heterocycles. The van der Waals surface area contributed by atoms with Gasteiger partial charge in [0.1, 0.15) is 17.0 Å². The smallest absolute Gasteiger partial charge is 0.263 e. The number of anilines is 1. The van der Waals surface area contributed by atoms with Crippen molar-refractivity contribution in [3.05, 3.63) is 34.2 Å². The maximum absolute atomic E-state index is 12.6. The molecule has 0 atom stereocenters. The number of piperidine rings is 1. The number of aromatic nitrogens is 3. The topological polar surface area (TPSA) is 71.0 Å². The van der Waals surface area contributed by atoms with Crippen LogP contribution in [0.25, 0.3) is 0 Å². The van der Waals surface area contributed by atoms with Gasteiger partial charge in [0.25, 0.3) is 5.91 Å². The summed E-state index contributed by atoms with van der Waals surface area (Å²) < 4.78 is 0. The SMILES string of the molecule is CCc1cc(N2CCC(NC(=O)c3scnc3C(C)C)CC2)ncn1. The van der Waals surface area contributed by atoms with Crippen molar-refractivity contribution in [2.24, 2.45) is 0 Å². The standard InChI is InChI=1S/C18H25N5OS/c1-4-13-9-15(20-10-19-13)23-7-5-14(6-8-23)22-18(24)17-16(12(2)3)21-11-25-17/h9-12,14H,4-8H2,1-3H3,(H,22,24). The van der Waals surface area contributed by atoms with Gasteiger partial charge in [-0.1, -0.05) is 20.8 Å². The molecule has 0 unspecified atom stereocenters. The summed E-state index contributed by atoms with van der Waals surface area (Å²) in [6.07, 6.45) is 4.40. The van der Waals surface area contributed by atoms with E-state index in [2.05, 4.69) is 52.0 Å². The molecule has 0 aliphatic carbocycles. The molecule has 7 heteroatoms. The molecule has 134 valence electrons. The second-order valence-electron chi connectivity index (χ2n) is 6.68. The highest BCUT2D eigenvalue weighted by atomic mass is 32.1.